The number of anilines is 2. The van der Waals surface area contributed by atoms with Gasteiger partial charge in [-0.2, -0.15) is 0 Å². The lowest BCUT2D eigenvalue weighted by molar-refractivity contribution is 0.0240. The van der Waals surface area contributed by atoms with Crippen molar-refractivity contribution >= 4 is 51.2 Å². The van der Waals surface area contributed by atoms with Gasteiger partial charge in [-0.1, -0.05) is 0 Å². The first-order chi connectivity index (χ1) is 23.2. The van der Waals surface area contributed by atoms with Gasteiger partial charge in [0.2, 0.25) is 0 Å². The van der Waals surface area contributed by atoms with E-state index in [0.717, 1.165) is 37.2 Å². The number of methoxy groups -OCH3 is 2. The minimum absolute atomic E-state index is 0.305. The number of fused-ring (bicyclic) bond motifs is 2. The van der Waals surface area contributed by atoms with Gasteiger partial charge in [0.25, 0.3) is 0 Å². The predicted molar refractivity (Wildman–Crippen MR) is 184 cm³/mol. The summed E-state index contributed by atoms with van der Waals surface area (Å²) in [5.74, 6) is -1.66. The molecule has 2 aromatic carbocycles. The van der Waals surface area contributed by atoms with Crippen molar-refractivity contribution in [3.05, 3.63) is 59.4 Å². The van der Waals surface area contributed by atoms with Crippen LogP contribution in [0.1, 0.15) is 41.5 Å². The van der Waals surface area contributed by atoms with Crippen LogP contribution < -0.4 is 15.1 Å². The number of aromatic nitrogens is 2. The van der Waals surface area contributed by atoms with Crippen LogP contribution in [0.4, 0.5) is 25.0 Å². The van der Waals surface area contributed by atoms with Gasteiger partial charge in [0.1, 0.15) is 17.2 Å². The molecule has 0 atom stereocenters. The van der Waals surface area contributed by atoms with E-state index in [1.807, 2.05) is 48.3 Å². The quantitative estimate of drug-likeness (QED) is 0.243. The summed E-state index contributed by atoms with van der Waals surface area (Å²) < 4.78 is 47.8. The minimum Gasteiger partial charge on any atom is -0.465 e. The van der Waals surface area contributed by atoms with Gasteiger partial charge in [0.05, 0.1) is 47.8 Å². The first-order valence-electron chi connectivity index (χ1n) is 16.1. The average Bonchev–Trinajstić information content (AvgIpc) is 3.57. The van der Waals surface area contributed by atoms with Crippen molar-refractivity contribution in [3.8, 4) is 0 Å². The fourth-order valence-corrected chi connectivity index (χ4v) is 6.17. The number of halogens is 2. The Labute approximate surface area is 284 Å². The Morgan fingerprint density at radius 1 is 0.694 bits per heavy atom. The number of rotatable bonds is 4. The Morgan fingerprint density at radius 2 is 1.12 bits per heavy atom. The van der Waals surface area contributed by atoms with Crippen molar-refractivity contribution in [2.45, 2.75) is 26.4 Å². The molecule has 6 rings (SSSR count). The number of nitrogens with one attached hydrogen (secondary N) is 1. The zero-order valence-corrected chi connectivity index (χ0v) is 29.1. The van der Waals surface area contributed by atoms with Crippen molar-refractivity contribution in [1.82, 2.24) is 19.4 Å². The monoisotopic (exact) mass is 682 g/mol. The topological polar surface area (TPSA) is 111 Å². The molecule has 49 heavy (non-hydrogen) atoms. The lowest BCUT2D eigenvalue weighted by Gasteiger charge is -2.36. The molecule has 14 heteroatoms. The normalized spacial score (nSPS) is 15.2. The third-order valence-electron chi connectivity index (χ3n) is 8.66. The van der Waals surface area contributed by atoms with Crippen molar-refractivity contribution in [3.63, 3.8) is 0 Å². The highest BCUT2D eigenvalue weighted by atomic mass is 19.1. The van der Waals surface area contributed by atoms with Crippen LogP contribution >= 0.6 is 0 Å². The van der Waals surface area contributed by atoms with Gasteiger partial charge in [0.15, 0.2) is 0 Å². The summed E-state index contributed by atoms with van der Waals surface area (Å²) in [5, 5.41) is 4.35. The molecule has 0 radical (unpaired) electrons. The number of ether oxygens (including phenoxy) is 3. The minimum atomic E-state index is -0.546. The zero-order chi connectivity index (χ0) is 35.6. The van der Waals surface area contributed by atoms with Crippen molar-refractivity contribution in [2.24, 2.45) is 14.1 Å². The maximum absolute atomic E-state index is 14.8. The molecule has 2 aliphatic heterocycles. The first kappa shape index (κ1) is 35.5. The van der Waals surface area contributed by atoms with E-state index in [0.29, 0.717) is 59.5 Å². The molecule has 0 spiro atoms. The molecular formula is C35H44F2N6O6. The lowest BCUT2D eigenvalue weighted by atomic mass is 10.1. The van der Waals surface area contributed by atoms with E-state index in [1.54, 1.807) is 35.0 Å². The standard InChI is InChI=1S/C20H26FN3O4.C15H18FN3O2/c1-20(2,3)28-19(26)24-8-6-23(7-9-24)17-11-16-13(10-15(17)21)14(12-22(16)4)18(25)27-5;1-18-9-11(15(20)21-2)10-7-12(16)14(8-13(10)18)19-5-3-17-4-6-19/h10-12H,6-9H2,1-5H3;7-9,17H,3-6H2,1-2H3. The third-order valence-corrected chi connectivity index (χ3v) is 8.66. The number of hydrogen-bond acceptors (Lipinski definition) is 9. The molecular weight excluding hydrogens is 638 g/mol. The van der Waals surface area contributed by atoms with Crippen molar-refractivity contribution in [2.75, 3.05) is 76.4 Å². The number of nitrogens with zero attached hydrogens (tertiary/aromatic N) is 5. The van der Waals surface area contributed by atoms with E-state index in [-0.39, 0.29) is 11.9 Å². The Hall–Kier alpha value is -4.85. The maximum atomic E-state index is 14.8. The Morgan fingerprint density at radius 3 is 1.53 bits per heavy atom. The molecule has 1 amide bonds. The molecule has 4 aromatic rings. The fourth-order valence-electron chi connectivity index (χ4n) is 6.17. The number of carbonyl (C=O) groups excluding carboxylic acids is 3. The number of benzene rings is 2. The highest BCUT2D eigenvalue weighted by Gasteiger charge is 2.28. The van der Waals surface area contributed by atoms with Crippen LogP contribution in [0.25, 0.3) is 21.8 Å². The van der Waals surface area contributed by atoms with Gasteiger partial charge in [-0.15, -0.1) is 0 Å². The summed E-state index contributed by atoms with van der Waals surface area (Å²) in [7, 11) is 6.27. The second-order valence-electron chi connectivity index (χ2n) is 13.1. The zero-order valence-electron chi connectivity index (χ0n) is 29.1. The van der Waals surface area contributed by atoms with E-state index < -0.39 is 23.4 Å². The average molecular weight is 683 g/mol. The molecule has 0 unspecified atom stereocenters. The first-order valence-corrected chi connectivity index (χ1v) is 16.1. The van der Waals surface area contributed by atoms with Crippen LogP contribution in [0.15, 0.2) is 36.7 Å². The highest BCUT2D eigenvalue weighted by Crippen LogP contribution is 2.31. The van der Waals surface area contributed by atoms with Gasteiger partial charge >= 0.3 is 18.0 Å². The van der Waals surface area contributed by atoms with Crippen LogP contribution in [0.3, 0.4) is 0 Å². The van der Waals surface area contributed by atoms with E-state index >= 15 is 0 Å². The van der Waals surface area contributed by atoms with E-state index in [4.69, 9.17) is 14.2 Å². The largest absolute Gasteiger partial charge is 0.465 e. The number of amides is 1. The number of aryl methyl sites for hydroxylation is 2. The van der Waals surface area contributed by atoms with Crippen LogP contribution in [0.2, 0.25) is 0 Å². The summed E-state index contributed by atoms with van der Waals surface area (Å²) in [5.41, 5.74) is 2.78. The van der Waals surface area contributed by atoms with Gasteiger partial charge in [-0.05, 0) is 45.0 Å². The summed E-state index contributed by atoms with van der Waals surface area (Å²) in [4.78, 5) is 41.4. The molecule has 2 aromatic heterocycles. The SMILES string of the molecule is COC(=O)c1cn(C)c2cc(N3CCN(C(=O)OC(C)(C)C)CC3)c(F)cc12.COC(=O)c1cn(C)c2cc(N3CCNCC3)c(F)cc12. The molecule has 2 saturated heterocycles. The smallest absolute Gasteiger partial charge is 0.410 e. The number of carbonyl (C=O) groups is 3. The van der Waals surface area contributed by atoms with Crippen LogP contribution in [-0.2, 0) is 28.3 Å². The van der Waals surface area contributed by atoms with Gasteiger partial charge in [-0.3, -0.25) is 0 Å². The molecule has 12 nitrogen and oxygen atoms in total. The van der Waals surface area contributed by atoms with Gasteiger partial charge in [0, 0.05) is 89.6 Å². The summed E-state index contributed by atoms with van der Waals surface area (Å²) >= 11 is 0. The van der Waals surface area contributed by atoms with Crippen molar-refractivity contribution < 1.29 is 37.4 Å². The predicted octanol–water partition coefficient (Wildman–Crippen LogP) is 4.67. The van der Waals surface area contributed by atoms with E-state index in [1.165, 1.54) is 26.4 Å². The Bertz CT molecular complexity index is 1870. The second kappa shape index (κ2) is 14.3. The summed E-state index contributed by atoms with van der Waals surface area (Å²) in [6.45, 7) is 10.6. The number of piperazine rings is 2. The third kappa shape index (κ3) is 7.58. The number of hydrogen-bond donors (Lipinski definition) is 1. The molecule has 4 heterocycles. The Balaban J connectivity index is 0.000000199. The molecule has 0 aliphatic carbocycles. The van der Waals surface area contributed by atoms with Gasteiger partial charge in [-0.25, -0.2) is 23.2 Å². The van der Waals surface area contributed by atoms with Crippen LogP contribution in [0.5, 0.6) is 0 Å². The van der Waals surface area contributed by atoms with Crippen LogP contribution in [-0.4, -0.2) is 104 Å². The van der Waals surface area contributed by atoms with Crippen molar-refractivity contribution in [1.29, 1.82) is 0 Å². The lowest BCUT2D eigenvalue weighted by Crippen LogP contribution is -2.50. The van der Waals surface area contributed by atoms with Gasteiger partial charge < -0.3 is 43.4 Å². The number of esters is 2. The molecule has 1 N–H and O–H groups in total. The molecule has 0 saturated carbocycles. The molecule has 2 fully saturated rings. The van der Waals surface area contributed by atoms with Crippen LogP contribution in [0, 0.1) is 11.6 Å². The van der Waals surface area contributed by atoms with E-state index in [9.17, 15) is 23.2 Å². The second-order valence-corrected chi connectivity index (χ2v) is 13.1. The summed E-state index contributed by atoms with van der Waals surface area (Å²) in [6.07, 6.45) is 2.96. The Kier molecular flexibility index (Phi) is 10.4. The molecule has 2 aliphatic rings. The fraction of sp³-hybridized carbons (Fsp3) is 0.457. The van der Waals surface area contributed by atoms with E-state index in [2.05, 4.69) is 5.32 Å². The molecule has 264 valence electrons. The summed E-state index contributed by atoms with van der Waals surface area (Å²) in [6, 6.07) is 6.35. The maximum Gasteiger partial charge on any atom is 0.410 e. The highest BCUT2D eigenvalue weighted by molar-refractivity contribution is 6.06. The molecule has 0 bridgehead atoms.